The van der Waals surface area contributed by atoms with Gasteiger partial charge < -0.3 is 9.47 Å². The van der Waals surface area contributed by atoms with Gasteiger partial charge in [-0.15, -0.1) is 11.6 Å². The molecule has 0 unspecified atom stereocenters. The summed E-state index contributed by atoms with van der Waals surface area (Å²) in [6.07, 6.45) is 1.76. The molecule has 0 heterocycles. The summed E-state index contributed by atoms with van der Waals surface area (Å²) in [5, 5.41) is 0. The molecule has 0 rings (SSSR count). The molecule has 0 aromatic heterocycles. The van der Waals surface area contributed by atoms with Gasteiger partial charge in [0.2, 0.25) is 0 Å². The second kappa shape index (κ2) is 8.56. The summed E-state index contributed by atoms with van der Waals surface area (Å²) in [4.78, 5) is 21.3. The Labute approximate surface area is 87.8 Å². The van der Waals surface area contributed by atoms with E-state index in [1.165, 1.54) is 0 Å². The van der Waals surface area contributed by atoms with Crippen molar-refractivity contribution >= 4 is 23.5 Å². The van der Waals surface area contributed by atoms with Crippen LogP contribution in [0.15, 0.2) is 12.7 Å². The minimum Gasteiger partial charge on any atom is -0.466 e. The number of esters is 2. The standard InChI is InChI=1S/C9H13ClO4/c1-2-8(11)13-6-3-7-14-9(12)4-5-10/h2H,1,3-7H2. The first-order valence-electron chi connectivity index (χ1n) is 4.21. The van der Waals surface area contributed by atoms with Crippen molar-refractivity contribution in [3.05, 3.63) is 12.7 Å². The average molecular weight is 221 g/mol. The van der Waals surface area contributed by atoms with Crippen molar-refractivity contribution in [2.24, 2.45) is 0 Å². The Bertz CT molecular complexity index is 203. The van der Waals surface area contributed by atoms with Gasteiger partial charge in [0, 0.05) is 18.4 Å². The van der Waals surface area contributed by atoms with E-state index in [0.29, 0.717) is 6.42 Å². The fraction of sp³-hybridized carbons (Fsp3) is 0.556. The number of hydrogen-bond acceptors (Lipinski definition) is 4. The van der Waals surface area contributed by atoms with E-state index in [1.54, 1.807) is 0 Å². The Morgan fingerprint density at radius 1 is 1.29 bits per heavy atom. The van der Waals surface area contributed by atoms with Crippen LogP contribution in [0.1, 0.15) is 12.8 Å². The predicted octanol–water partition coefficient (Wildman–Crippen LogP) is 1.28. The molecule has 14 heavy (non-hydrogen) atoms. The highest BCUT2D eigenvalue weighted by Gasteiger charge is 2.01. The Morgan fingerprint density at radius 2 is 1.93 bits per heavy atom. The highest BCUT2D eigenvalue weighted by atomic mass is 35.5. The quantitative estimate of drug-likeness (QED) is 0.281. The number of halogens is 1. The summed E-state index contributed by atoms with van der Waals surface area (Å²) in [6, 6.07) is 0. The van der Waals surface area contributed by atoms with E-state index in [4.69, 9.17) is 16.3 Å². The highest BCUT2D eigenvalue weighted by molar-refractivity contribution is 6.18. The largest absolute Gasteiger partial charge is 0.466 e. The van der Waals surface area contributed by atoms with Crippen LogP contribution in [0.5, 0.6) is 0 Å². The van der Waals surface area contributed by atoms with E-state index in [1.807, 2.05) is 0 Å². The average Bonchev–Trinajstić information content (AvgIpc) is 2.17. The summed E-state index contributed by atoms with van der Waals surface area (Å²) in [6.45, 7) is 3.69. The van der Waals surface area contributed by atoms with Crippen LogP contribution in [0.25, 0.3) is 0 Å². The van der Waals surface area contributed by atoms with Crippen LogP contribution in [0, 0.1) is 0 Å². The molecule has 4 nitrogen and oxygen atoms in total. The molecule has 0 fully saturated rings. The van der Waals surface area contributed by atoms with Crippen molar-refractivity contribution in [2.75, 3.05) is 19.1 Å². The van der Waals surface area contributed by atoms with Crippen LogP contribution >= 0.6 is 11.6 Å². The van der Waals surface area contributed by atoms with Gasteiger partial charge in [-0.05, 0) is 0 Å². The second-order valence-corrected chi connectivity index (χ2v) is 2.76. The molecule has 0 aromatic carbocycles. The van der Waals surface area contributed by atoms with Crippen molar-refractivity contribution in [3.8, 4) is 0 Å². The van der Waals surface area contributed by atoms with Gasteiger partial charge in [-0.25, -0.2) is 4.79 Å². The van der Waals surface area contributed by atoms with Crippen molar-refractivity contribution in [1.82, 2.24) is 0 Å². The molecule has 0 aliphatic carbocycles. The first kappa shape index (κ1) is 13.0. The van der Waals surface area contributed by atoms with Gasteiger partial charge in [0.15, 0.2) is 0 Å². The van der Waals surface area contributed by atoms with Crippen molar-refractivity contribution < 1.29 is 19.1 Å². The van der Waals surface area contributed by atoms with E-state index in [2.05, 4.69) is 11.3 Å². The third-order valence-corrected chi connectivity index (χ3v) is 1.45. The SMILES string of the molecule is C=CC(=O)OCCCOC(=O)CCCl. The molecule has 80 valence electrons. The molecule has 0 spiro atoms. The predicted molar refractivity (Wildman–Crippen MR) is 52.1 cm³/mol. The highest BCUT2D eigenvalue weighted by Crippen LogP contribution is 1.92. The monoisotopic (exact) mass is 220 g/mol. The van der Waals surface area contributed by atoms with Gasteiger partial charge in [0.25, 0.3) is 0 Å². The Kier molecular flexibility index (Phi) is 7.93. The maximum atomic E-state index is 10.8. The smallest absolute Gasteiger partial charge is 0.330 e. The summed E-state index contributed by atoms with van der Waals surface area (Å²) in [5.74, 6) is -0.559. The number of ether oxygens (including phenoxy) is 2. The molecule has 0 saturated heterocycles. The van der Waals surface area contributed by atoms with E-state index in [9.17, 15) is 9.59 Å². The molecule has 0 aliphatic rings. The lowest BCUT2D eigenvalue weighted by molar-refractivity contribution is -0.144. The Morgan fingerprint density at radius 3 is 2.50 bits per heavy atom. The zero-order valence-electron chi connectivity index (χ0n) is 7.83. The third kappa shape index (κ3) is 7.61. The van der Waals surface area contributed by atoms with Gasteiger partial charge in [-0.3, -0.25) is 4.79 Å². The van der Waals surface area contributed by atoms with Crippen molar-refractivity contribution in [2.45, 2.75) is 12.8 Å². The summed E-state index contributed by atoms with van der Waals surface area (Å²) in [5.41, 5.74) is 0. The number of alkyl halides is 1. The first-order valence-corrected chi connectivity index (χ1v) is 4.75. The lowest BCUT2D eigenvalue weighted by Crippen LogP contribution is -2.09. The molecular formula is C9H13ClO4. The summed E-state index contributed by atoms with van der Waals surface area (Å²) < 4.78 is 9.42. The molecule has 0 bridgehead atoms. The molecule has 5 heteroatoms. The van der Waals surface area contributed by atoms with Gasteiger partial charge in [-0.1, -0.05) is 6.58 Å². The molecule has 0 saturated carbocycles. The Hall–Kier alpha value is -1.03. The number of carbonyl (C=O) groups is 2. The van der Waals surface area contributed by atoms with Crippen molar-refractivity contribution in [3.63, 3.8) is 0 Å². The minimum absolute atomic E-state index is 0.202. The lowest BCUT2D eigenvalue weighted by Gasteiger charge is -2.03. The lowest BCUT2D eigenvalue weighted by atomic mass is 10.4. The summed E-state index contributed by atoms with van der Waals surface area (Å²) >= 11 is 5.32. The number of carbonyl (C=O) groups excluding carboxylic acids is 2. The molecule has 0 radical (unpaired) electrons. The van der Waals surface area contributed by atoms with Crippen LogP contribution in [0.4, 0.5) is 0 Å². The van der Waals surface area contributed by atoms with E-state index in [0.717, 1.165) is 6.08 Å². The molecule has 0 aliphatic heterocycles. The number of rotatable bonds is 7. The second-order valence-electron chi connectivity index (χ2n) is 2.38. The zero-order valence-corrected chi connectivity index (χ0v) is 8.59. The van der Waals surface area contributed by atoms with Gasteiger partial charge in [-0.2, -0.15) is 0 Å². The Balaban J connectivity index is 3.25. The fourth-order valence-electron chi connectivity index (χ4n) is 0.626. The summed E-state index contributed by atoms with van der Waals surface area (Å²) in [7, 11) is 0. The molecular weight excluding hydrogens is 208 g/mol. The molecule has 0 aromatic rings. The number of hydrogen-bond donors (Lipinski definition) is 0. The zero-order chi connectivity index (χ0) is 10.8. The third-order valence-electron chi connectivity index (χ3n) is 1.26. The molecule has 0 N–H and O–H groups in total. The topological polar surface area (TPSA) is 52.6 Å². The van der Waals surface area contributed by atoms with Gasteiger partial charge in [0.05, 0.1) is 19.6 Å². The van der Waals surface area contributed by atoms with E-state index < -0.39 is 5.97 Å². The maximum Gasteiger partial charge on any atom is 0.330 e. The van der Waals surface area contributed by atoms with Crippen LogP contribution in [0.2, 0.25) is 0 Å². The fourth-order valence-corrected chi connectivity index (χ4v) is 0.780. The van der Waals surface area contributed by atoms with Gasteiger partial charge >= 0.3 is 11.9 Å². The van der Waals surface area contributed by atoms with Gasteiger partial charge in [0.1, 0.15) is 0 Å². The molecule has 0 atom stereocenters. The molecule has 0 amide bonds. The maximum absolute atomic E-state index is 10.8. The van der Waals surface area contributed by atoms with E-state index >= 15 is 0 Å². The van der Waals surface area contributed by atoms with E-state index in [-0.39, 0.29) is 31.5 Å². The first-order chi connectivity index (χ1) is 6.70. The minimum atomic E-state index is -0.475. The van der Waals surface area contributed by atoms with Crippen LogP contribution < -0.4 is 0 Å². The normalized spacial score (nSPS) is 9.21. The van der Waals surface area contributed by atoms with Crippen LogP contribution in [-0.4, -0.2) is 31.0 Å². The van der Waals surface area contributed by atoms with Crippen LogP contribution in [-0.2, 0) is 19.1 Å². The van der Waals surface area contributed by atoms with Crippen LogP contribution in [0.3, 0.4) is 0 Å². The van der Waals surface area contributed by atoms with Crippen molar-refractivity contribution in [1.29, 1.82) is 0 Å².